The Labute approximate surface area is 144 Å². The van der Waals surface area contributed by atoms with Crippen molar-refractivity contribution in [3.63, 3.8) is 0 Å². The summed E-state index contributed by atoms with van der Waals surface area (Å²) >= 11 is 0. The Kier molecular flexibility index (Phi) is 6.22. The van der Waals surface area contributed by atoms with Crippen molar-refractivity contribution < 1.29 is 19.2 Å². The summed E-state index contributed by atoms with van der Waals surface area (Å²) in [6, 6.07) is 14.9. The van der Waals surface area contributed by atoms with E-state index >= 15 is 0 Å². The van der Waals surface area contributed by atoms with Gasteiger partial charge in [-0.05, 0) is 18.1 Å². The summed E-state index contributed by atoms with van der Waals surface area (Å²) in [5.41, 5.74) is 0.649. The van der Waals surface area contributed by atoms with Gasteiger partial charge in [0.05, 0.1) is 10.8 Å². The highest BCUT2D eigenvalue weighted by Gasteiger charge is 2.21. The first-order valence-corrected chi connectivity index (χ1v) is 7.77. The van der Waals surface area contributed by atoms with Crippen molar-refractivity contribution in [3.8, 4) is 0 Å². The van der Waals surface area contributed by atoms with Crippen LogP contribution in [0.15, 0.2) is 54.6 Å². The summed E-state index contributed by atoms with van der Waals surface area (Å²) in [5.74, 6) is -1.60. The zero-order valence-electron chi connectivity index (χ0n) is 13.7. The quantitative estimate of drug-likeness (QED) is 0.473. The molecular formula is C18H18N2O5. The normalized spacial score (nSPS) is 11.4. The number of carbonyl (C=O) groups excluding carboxylic acids is 2. The molecule has 1 N–H and O–H groups in total. The molecule has 7 nitrogen and oxygen atoms in total. The minimum atomic E-state index is -0.634. The number of anilines is 1. The lowest BCUT2D eigenvalue weighted by Gasteiger charge is -2.14. The number of amides is 1. The van der Waals surface area contributed by atoms with Crippen LogP contribution in [0.2, 0.25) is 0 Å². The minimum Gasteiger partial charge on any atom is -0.455 e. The largest absolute Gasteiger partial charge is 0.455 e. The molecule has 0 fully saturated rings. The molecule has 2 rings (SSSR count). The predicted octanol–water partition coefficient (Wildman–Crippen LogP) is 3.27. The Hall–Kier alpha value is -3.22. The van der Waals surface area contributed by atoms with Crippen LogP contribution in [0.5, 0.6) is 0 Å². The first-order valence-electron chi connectivity index (χ1n) is 7.77. The Morgan fingerprint density at radius 1 is 1.12 bits per heavy atom. The van der Waals surface area contributed by atoms with Crippen molar-refractivity contribution in [1.82, 2.24) is 0 Å². The van der Waals surface area contributed by atoms with Crippen LogP contribution >= 0.6 is 0 Å². The van der Waals surface area contributed by atoms with Gasteiger partial charge in [0.1, 0.15) is 5.69 Å². The number of esters is 1. The van der Waals surface area contributed by atoms with Crippen LogP contribution in [0.4, 0.5) is 11.4 Å². The summed E-state index contributed by atoms with van der Waals surface area (Å²) in [7, 11) is 0. The zero-order valence-corrected chi connectivity index (χ0v) is 13.7. The molecule has 0 bridgehead atoms. The topological polar surface area (TPSA) is 98.5 Å². The highest BCUT2D eigenvalue weighted by atomic mass is 16.6. The van der Waals surface area contributed by atoms with Gasteiger partial charge in [-0.3, -0.25) is 19.7 Å². The molecule has 0 aliphatic carbocycles. The van der Waals surface area contributed by atoms with Gasteiger partial charge in [-0.25, -0.2) is 0 Å². The first kappa shape index (κ1) is 18.1. The number of nitro benzene ring substituents is 1. The lowest BCUT2D eigenvalue weighted by atomic mass is 9.97. The second-order valence-corrected chi connectivity index (χ2v) is 5.30. The summed E-state index contributed by atoms with van der Waals surface area (Å²) in [6.45, 7) is 1.35. The van der Waals surface area contributed by atoms with Crippen LogP contribution in [0, 0.1) is 10.1 Å². The van der Waals surface area contributed by atoms with E-state index in [1.54, 1.807) is 6.07 Å². The molecule has 0 saturated heterocycles. The molecule has 2 aromatic rings. The van der Waals surface area contributed by atoms with Crippen LogP contribution in [0.1, 0.15) is 24.8 Å². The van der Waals surface area contributed by atoms with Gasteiger partial charge in [0.2, 0.25) is 0 Å². The fraction of sp³-hybridized carbons (Fsp3) is 0.222. The van der Waals surface area contributed by atoms with E-state index in [9.17, 15) is 19.7 Å². The predicted molar refractivity (Wildman–Crippen MR) is 92.2 cm³/mol. The lowest BCUT2D eigenvalue weighted by Crippen LogP contribution is -2.24. The van der Waals surface area contributed by atoms with Gasteiger partial charge in [-0.2, -0.15) is 0 Å². The molecule has 7 heteroatoms. The van der Waals surface area contributed by atoms with E-state index in [2.05, 4.69) is 5.32 Å². The zero-order chi connectivity index (χ0) is 18.2. The maximum absolute atomic E-state index is 12.2. The molecule has 130 valence electrons. The van der Waals surface area contributed by atoms with Gasteiger partial charge in [0, 0.05) is 6.07 Å². The summed E-state index contributed by atoms with van der Waals surface area (Å²) in [4.78, 5) is 34.5. The standard InChI is InChI=1S/C18H18N2O5/c1-2-14(13-8-4-3-5-9-13)18(22)25-12-17(21)19-15-10-6-7-11-16(15)20(23)24/h3-11,14H,2,12H2,1H3,(H,19,21). The van der Waals surface area contributed by atoms with E-state index in [1.165, 1.54) is 18.2 Å². The van der Waals surface area contributed by atoms with E-state index in [0.717, 1.165) is 5.56 Å². The van der Waals surface area contributed by atoms with E-state index in [4.69, 9.17) is 4.74 Å². The van der Waals surface area contributed by atoms with Gasteiger partial charge in [-0.15, -0.1) is 0 Å². The van der Waals surface area contributed by atoms with Crippen LogP contribution in [0.3, 0.4) is 0 Å². The number of hydrogen-bond acceptors (Lipinski definition) is 5. The number of para-hydroxylation sites is 2. The molecule has 0 saturated carbocycles. The van der Waals surface area contributed by atoms with Crippen molar-refractivity contribution in [3.05, 3.63) is 70.3 Å². The molecule has 0 radical (unpaired) electrons. The van der Waals surface area contributed by atoms with E-state index < -0.39 is 29.3 Å². The Bertz CT molecular complexity index is 761. The third-order valence-corrected chi connectivity index (χ3v) is 3.62. The van der Waals surface area contributed by atoms with Crippen molar-refractivity contribution in [2.45, 2.75) is 19.3 Å². The van der Waals surface area contributed by atoms with Gasteiger partial charge >= 0.3 is 5.97 Å². The monoisotopic (exact) mass is 342 g/mol. The molecule has 1 atom stereocenters. The van der Waals surface area contributed by atoms with Gasteiger partial charge in [0.15, 0.2) is 6.61 Å². The lowest BCUT2D eigenvalue weighted by molar-refractivity contribution is -0.383. The Balaban J connectivity index is 1.96. The molecule has 0 spiro atoms. The van der Waals surface area contributed by atoms with Crippen molar-refractivity contribution in [2.75, 3.05) is 11.9 Å². The molecule has 0 aromatic heterocycles. The fourth-order valence-electron chi connectivity index (χ4n) is 2.39. The van der Waals surface area contributed by atoms with Gasteiger partial charge in [-0.1, -0.05) is 49.4 Å². The maximum Gasteiger partial charge on any atom is 0.313 e. The highest BCUT2D eigenvalue weighted by molar-refractivity contribution is 5.95. The Morgan fingerprint density at radius 2 is 1.76 bits per heavy atom. The molecule has 0 heterocycles. The van der Waals surface area contributed by atoms with E-state index in [0.29, 0.717) is 6.42 Å². The smallest absolute Gasteiger partial charge is 0.313 e. The van der Waals surface area contributed by atoms with Crippen molar-refractivity contribution >= 4 is 23.3 Å². The number of rotatable bonds is 7. The first-order chi connectivity index (χ1) is 12.0. The number of hydrogen-bond donors (Lipinski definition) is 1. The molecule has 25 heavy (non-hydrogen) atoms. The molecular weight excluding hydrogens is 324 g/mol. The number of nitrogens with one attached hydrogen (secondary N) is 1. The van der Waals surface area contributed by atoms with Crippen LogP contribution in [0.25, 0.3) is 0 Å². The van der Waals surface area contributed by atoms with Gasteiger partial charge < -0.3 is 10.1 Å². The summed E-state index contributed by atoms with van der Waals surface area (Å²) in [5, 5.41) is 13.3. The average molecular weight is 342 g/mol. The number of nitrogens with zero attached hydrogens (tertiary/aromatic N) is 1. The van der Waals surface area contributed by atoms with Crippen LogP contribution in [-0.4, -0.2) is 23.4 Å². The Morgan fingerprint density at radius 3 is 2.40 bits per heavy atom. The number of nitro groups is 1. The second-order valence-electron chi connectivity index (χ2n) is 5.30. The third kappa shape index (κ3) is 4.87. The minimum absolute atomic E-state index is 0.0589. The highest BCUT2D eigenvalue weighted by Crippen LogP contribution is 2.23. The summed E-state index contributed by atoms with van der Waals surface area (Å²) in [6.07, 6.45) is 0.536. The average Bonchev–Trinajstić information content (AvgIpc) is 2.62. The van der Waals surface area contributed by atoms with Crippen LogP contribution in [-0.2, 0) is 14.3 Å². The van der Waals surface area contributed by atoms with Gasteiger partial charge in [0.25, 0.3) is 11.6 Å². The molecule has 0 aliphatic heterocycles. The maximum atomic E-state index is 12.2. The molecule has 2 aromatic carbocycles. The molecule has 1 unspecified atom stereocenters. The molecule has 0 aliphatic rings. The van der Waals surface area contributed by atoms with Crippen molar-refractivity contribution in [2.24, 2.45) is 0 Å². The van der Waals surface area contributed by atoms with Crippen LogP contribution < -0.4 is 5.32 Å². The van der Waals surface area contributed by atoms with E-state index in [-0.39, 0.29) is 11.4 Å². The van der Waals surface area contributed by atoms with Crippen molar-refractivity contribution in [1.29, 1.82) is 0 Å². The fourth-order valence-corrected chi connectivity index (χ4v) is 2.39. The number of ether oxygens (including phenoxy) is 1. The van der Waals surface area contributed by atoms with E-state index in [1.807, 2.05) is 37.3 Å². The third-order valence-electron chi connectivity index (χ3n) is 3.62. The molecule has 1 amide bonds. The second kappa shape index (κ2) is 8.58. The number of benzene rings is 2. The SMILES string of the molecule is CCC(C(=O)OCC(=O)Nc1ccccc1[N+](=O)[O-])c1ccccc1. The number of carbonyl (C=O) groups is 2. The summed E-state index contributed by atoms with van der Waals surface area (Å²) < 4.78 is 5.06.